The summed E-state index contributed by atoms with van der Waals surface area (Å²) in [6, 6.07) is 16.9. The van der Waals surface area contributed by atoms with Crippen LogP contribution in [0, 0.1) is 5.82 Å². The number of pyridine rings is 1. The highest BCUT2D eigenvalue weighted by atomic mass is 35.5. The van der Waals surface area contributed by atoms with Crippen LogP contribution in [0.4, 0.5) is 4.39 Å². The number of aromatic nitrogens is 1. The molecule has 9 nitrogen and oxygen atoms in total. The second kappa shape index (κ2) is 16.3. The number of amides is 1. The molecule has 0 spiro atoms. The lowest BCUT2D eigenvalue weighted by Crippen LogP contribution is -2.53. The van der Waals surface area contributed by atoms with Crippen LogP contribution in [0.25, 0.3) is 11.1 Å². The van der Waals surface area contributed by atoms with E-state index in [-0.39, 0.29) is 35.9 Å². The number of hydrogen-bond acceptors (Lipinski definition) is 8. The van der Waals surface area contributed by atoms with Crippen LogP contribution in [-0.4, -0.2) is 84.3 Å². The van der Waals surface area contributed by atoms with Gasteiger partial charge < -0.3 is 25.8 Å². The molecule has 1 aromatic heterocycles. The van der Waals surface area contributed by atoms with Gasteiger partial charge in [-0.1, -0.05) is 30.3 Å². The van der Waals surface area contributed by atoms with Crippen molar-refractivity contribution >= 4 is 18.3 Å². The van der Waals surface area contributed by atoms with E-state index in [1.54, 1.807) is 0 Å². The molecule has 1 aliphatic carbocycles. The molecule has 47 heavy (non-hydrogen) atoms. The summed E-state index contributed by atoms with van der Waals surface area (Å²) in [6.07, 6.45) is 4.38. The van der Waals surface area contributed by atoms with Crippen LogP contribution in [0.1, 0.15) is 61.0 Å². The van der Waals surface area contributed by atoms with E-state index in [1.807, 2.05) is 18.2 Å². The molecule has 11 heteroatoms. The van der Waals surface area contributed by atoms with Crippen LogP contribution in [0.3, 0.4) is 0 Å². The number of rotatable bonds is 9. The van der Waals surface area contributed by atoms with Crippen molar-refractivity contribution in [2.75, 3.05) is 39.4 Å². The second-order valence-corrected chi connectivity index (χ2v) is 13.3. The average molecular weight is 667 g/mol. The Balaban J connectivity index is 0.00000433. The lowest BCUT2D eigenvalue weighted by molar-refractivity contribution is 0.0342. The number of nitrogens with one attached hydrogen (secondary N) is 2. The maximum Gasteiger partial charge on any atom is 0.257 e. The highest BCUT2D eigenvalue weighted by Gasteiger charge is 2.24. The Kier molecular flexibility index (Phi) is 12.2. The summed E-state index contributed by atoms with van der Waals surface area (Å²) in [5.74, 6) is -0.379. The van der Waals surface area contributed by atoms with Gasteiger partial charge in [-0.2, -0.15) is 0 Å². The number of carbonyl (C=O) groups is 1. The number of halogens is 2. The summed E-state index contributed by atoms with van der Waals surface area (Å²) in [7, 11) is 0. The number of nitrogens with two attached hydrogens (primary N) is 1. The zero-order valence-electron chi connectivity index (χ0n) is 27.4. The van der Waals surface area contributed by atoms with Crippen molar-refractivity contribution in [3.05, 3.63) is 77.2 Å². The van der Waals surface area contributed by atoms with Gasteiger partial charge in [-0.3, -0.25) is 14.6 Å². The normalized spacial score (nSPS) is 23.9. The molecule has 1 amide bonds. The van der Waals surface area contributed by atoms with Crippen LogP contribution in [0.5, 0.6) is 11.6 Å². The van der Waals surface area contributed by atoms with Crippen molar-refractivity contribution in [2.45, 2.75) is 76.8 Å². The molecule has 254 valence electrons. The third-order valence-corrected chi connectivity index (χ3v) is 9.24. The molecule has 2 aromatic carbocycles. The first-order valence-electron chi connectivity index (χ1n) is 16.7. The molecule has 3 fully saturated rings. The van der Waals surface area contributed by atoms with Crippen LogP contribution < -0.4 is 21.1 Å². The van der Waals surface area contributed by atoms with Gasteiger partial charge in [0.1, 0.15) is 17.1 Å². The minimum absolute atomic E-state index is 0. The summed E-state index contributed by atoms with van der Waals surface area (Å²) in [4.78, 5) is 22.4. The van der Waals surface area contributed by atoms with Crippen molar-refractivity contribution < 1.29 is 18.7 Å². The molecule has 2 saturated heterocycles. The smallest absolute Gasteiger partial charge is 0.257 e. The Bertz CT molecular complexity index is 1490. The maximum atomic E-state index is 14.3. The van der Waals surface area contributed by atoms with Crippen molar-refractivity contribution in [3.63, 3.8) is 0 Å². The van der Waals surface area contributed by atoms with Crippen molar-refractivity contribution in [1.82, 2.24) is 25.4 Å². The van der Waals surface area contributed by atoms with Gasteiger partial charge in [-0.05, 0) is 80.0 Å². The van der Waals surface area contributed by atoms with E-state index in [0.717, 1.165) is 95.5 Å². The molecule has 4 N–H and O–H groups in total. The molecule has 1 saturated carbocycles. The number of nitrogens with zero attached hydrogens (tertiary/aromatic N) is 3. The van der Waals surface area contributed by atoms with Gasteiger partial charge in [-0.25, -0.2) is 9.37 Å². The molecule has 2 atom stereocenters. The predicted molar refractivity (Wildman–Crippen MR) is 185 cm³/mol. The van der Waals surface area contributed by atoms with Gasteiger partial charge in [0.15, 0.2) is 0 Å². The zero-order chi connectivity index (χ0) is 32.0. The first-order chi connectivity index (χ1) is 22.3. The van der Waals surface area contributed by atoms with E-state index in [2.05, 4.69) is 63.5 Å². The monoisotopic (exact) mass is 666 g/mol. The first kappa shape index (κ1) is 35.2. The van der Waals surface area contributed by atoms with Crippen LogP contribution in [-0.2, 0) is 17.8 Å². The molecule has 3 heterocycles. The highest BCUT2D eigenvalue weighted by molar-refractivity contribution is 5.96. The number of hydrogen-bond donors (Lipinski definition) is 3. The molecule has 0 bridgehead atoms. The van der Waals surface area contributed by atoms with E-state index < -0.39 is 11.7 Å². The van der Waals surface area contributed by atoms with Crippen molar-refractivity contribution in [3.8, 4) is 22.8 Å². The van der Waals surface area contributed by atoms with E-state index in [1.165, 1.54) is 17.2 Å². The van der Waals surface area contributed by atoms with E-state index in [9.17, 15) is 9.18 Å². The quantitative estimate of drug-likeness (QED) is 0.289. The number of benzene rings is 2. The standard InChI is InChI=1S/C36H47FN6O3.ClH/c1-24-20-43(21-25(2)40-24)22-26-6-11-33(28(16-26)23-42-12-14-45-15-13-42)27-4-3-5-32(17-27)46-36-34(18-29(37)19-39-36)35(44)41-31-9-7-30(38)8-10-31;/h3-6,11,16-19,24-25,30-31,40H,7-10,12-15,20-23,38H2,1-2H3,(H,41,44);1H/t24-,25+,30?,31?;. The van der Waals surface area contributed by atoms with Gasteiger partial charge in [0.2, 0.25) is 5.88 Å². The summed E-state index contributed by atoms with van der Waals surface area (Å²) in [5, 5.41) is 6.65. The van der Waals surface area contributed by atoms with Crippen LogP contribution in [0.15, 0.2) is 54.7 Å². The Morgan fingerprint density at radius 2 is 1.77 bits per heavy atom. The Morgan fingerprint density at radius 1 is 1.02 bits per heavy atom. The number of piperazine rings is 1. The SMILES string of the molecule is C[C@@H]1CN(Cc2ccc(-c3cccc(Oc4ncc(F)cc4C(=O)NC4CCC(N)CC4)c3)c(CN3CCOCC3)c2)C[C@H](C)N1.Cl. The highest BCUT2D eigenvalue weighted by Crippen LogP contribution is 2.32. The molecule has 0 unspecified atom stereocenters. The molecule has 3 aliphatic rings. The fourth-order valence-corrected chi connectivity index (χ4v) is 7.02. The average Bonchev–Trinajstić information content (AvgIpc) is 3.03. The molecule has 6 rings (SSSR count). The van der Waals surface area contributed by atoms with E-state index in [4.69, 9.17) is 15.2 Å². The van der Waals surface area contributed by atoms with Crippen LogP contribution in [0.2, 0.25) is 0 Å². The summed E-state index contributed by atoms with van der Waals surface area (Å²) in [6.45, 7) is 11.5. The first-order valence-corrected chi connectivity index (χ1v) is 16.7. The van der Waals surface area contributed by atoms with Gasteiger partial charge in [0.05, 0.1) is 19.4 Å². The van der Waals surface area contributed by atoms with E-state index in [0.29, 0.717) is 17.8 Å². The van der Waals surface area contributed by atoms with Gasteiger partial charge in [-0.15, -0.1) is 12.4 Å². The Hall–Kier alpha value is -3.12. The van der Waals surface area contributed by atoms with Crippen molar-refractivity contribution in [2.24, 2.45) is 5.73 Å². The molecule has 0 radical (unpaired) electrons. The lowest BCUT2D eigenvalue weighted by atomic mass is 9.91. The molecular formula is C36H48ClFN6O3. The molecule has 3 aromatic rings. The lowest BCUT2D eigenvalue weighted by Gasteiger charge is -2.36. The summed E-state index contributed by atoms with van der Waals surface area (Å²) >= 11 is 0. The fraction of sp³-hybridized carbons (Fsp3) is 0.500. The second-order valence-electron chi connectivity index (χ2n) is 13.3. The number of morpholine rings is 1. The largest absolute Gasteiger partial charge is 0.438 e. The number of ether oxygens (including phenoxy) is 2. The predicted octanol–water partition coefficient (Wildman–Crippen LogP) is 5.12. The third kappa shape index (κ3) is 9.49. The van der Waals surface area contributed by atoms with Gasteiger partial charge in [0.25, 0.3) is 5.91 Å². The topological polar surface area (TPSA) is 105 Å². The Morgan fingerprint density at radius 3 is 2.51 bits per heavy atom. The minimum Gasteiger partial charge on any atom is -0.438 e. The zero-order valence-corrected chi connectivity index (χ0v) is 28.2. The fourth-order valence-electron chi connectivity index (χ4n) is 7.02. The summed E-state index contributed by atoms with van der Waals surface area (Å²) in [5.41, 5.74) is 10.8. The minimum atomic E-state index is -0.588. The third-order valence-electron chi connectivity index (χ3n) is 9.24. The van der Waals surface area contributed by atoms with Gasteiger partial charge >= 0.3 is 0 Å². The van der Waals surface area contributed by atoms with Crippen LogP contribution >= 0.6 is 12.4 Å². The number of carbonyl (C=O) groups excluding carboxylic acids is 1. The maximum absolute atomic E-state index is 14.3. The van der Waals surface area contributed by atoms with Gasteiger partial charge in [0, 0.05) is 63.4 Å². The van der Waals surface area contributed by atoms with Crippen molar-refractivity contribution in [1.29, 1.82) is 0 Å². The molecule has 2 aliphatic heterocycles. The summed E-state index contributed by atoms with van der Waals surface area (Å²) < 4.78 is 26.1. The Labute approximate surface area is 283 Å². The van der Waals surface area contributed by atoms with E-state index >= 15 is 0 Å². The molecular weight excluding hydrogens is 619 g/mol.